The third kappa shape index (κ3) is 5.74. The lowest BCUT2D eigenvalue weighted by molar-refractivity contribution is 0.318. The van der Waals surface area contributed by atoms with Crippen molar-refractivity contribution in [2.24, 2.45) is 5.16 Å². The average Bonchev–Trinajstić information content (AvgIpc) is 2.00. The monoisotopic (exact) mass is 208 g/mol. The molecule has 1 atom stereocenters. The molecule has 0 aliphatic rings. The van der Waals surface area contributed by atoms with Crippen LogP contribution in [0.15, 0.2) is 5.16 Å². The molecule has 5 heteroatoms. The minimum Gasteiger partial charge on any atom is -0.311 e. The zero-order chi connectivity index (χ0) is 9.56. The fraction of sp³-hybridized carbons (Fsp3) is 0.857. The van der Waals surface area contributed by atoms with Gasteiger partial charge in [-0.05, 0) is 27.9 Å². The first-order chi connectivity index (χ1) is 5.57. The van der Waals surface area contributed by atoms with Crippen LogP contribution in [0.4, 0.5) is 0 Å². The van der Waals surface area contributed by atoms with E-state index < -0.39 is 0 Å². The summed E-state index contributed by atoms with van der Waals surface area (Å²) in [5.74, 6) is 0. The van der Waals surface area contributed by atoms with Gasteiger partial charge in [0.2, 0.25) is 0 Å². The number of hydrogen-bond acceptors (Lipinski definition) is 5. The number of hydrogen-bond donors (Lipinski definition) is 1. The highest BCUT2D eigenvalue weighted by atomic mass is 33.1. The van der Waals surface area contributed by atoms with Gasteiger partial charge in [0.05, 0.1) is 5.71 Å². The summed E-state index contributed by atoms with van der Waals surface area (Å²) in [6.07, 6.45) is 0.918. The zero-order valence-corrected chi connectivity index (χ0v) is 9.65. The van der Waals surface area contributed by atoms with Gasteiger partial charge in [0, 0.05) is 12.5 Å². The SMILES string of the molecule is C/C(CC(C)N(C)C)=N/OSS. The van der Waals surface area contributed by atoms with Crippen LogP contribution in [0.2, 0.25) is 0 Å². The Morgan fingerprint density at radius 2 is 2.25 bits per heavy atom. The van der Waals surface area contributed by atoms with E-state index in [9.17, 15) is 0 Å². The van der Waals surface area contributed by atoms with E-state index in [0.29, 0.717) is 6.04 Å². The lowest BCUT2D eigenvalue weighted by Crippen LogP contribution is -2.26. The van der Waals surface area contributed by atoms with E-state index in [1.165, 1.54) is 0 Å². The molecule has 0 saturated heterocycles. The molecule has 0 aromatic rings. The minimum absolute atomic E-state index is 0.488. The van der Waals surface area contributed by atoms with Crippen LogP contribution < -0.4 is 0 Å². The second-order valence-corrected chi connectivity index (χ2v) is 3.74. The van der Waals surface area contributed by atoms with Gasteiger partial charge in [0.1, 0.15) is 0 Å². The standard InChI is InChI=1S/C7H16N2OS2/c1-6(8-10-12-11)5-7(2)9(3)4/h7,11H,5H2,1-4H3/b8-6-. The first-order valence-electron chi connectivity index (χ1n) is 3.75. The van der Waals surface area contributed by atoms with Crippen molar-refractivity contribution in [3.63, 3.8) is 0 Å². The van der Waals surface area contributed by atoms with Gasteiger partial charge in [-0.25, -0.2) is 0 Å². The molecule has 0 amide bonds. The second-order valence-electron chi connectivity index (χ2n) is 2.99. The summed E-state index contributed by atoms with van der Waals surface area (Å²) >= 11 is 4.76. The second kappa shape index (κ2) is 6.62. The highest BCUT2D eigenvalue weighted by molar-refractivity contribution is 8.66. The Labute approximate surface area is 83.5 Å². The van der Waals surface area contributed by atoms with Gasteiger partial charge < -0.3 is 9.18 Å². The molecule has 0 heterocycles. The van der Waals surface area contributed by atoms with Crippen LogP contribution in [0, 0.1) is 0 Å². The molecule has 0 rings (SSSR count). The fourth-order valence-electron chi connectivity index (χ4n) is 0.728. The molecular weight excluding hydrogens is 192 g/mol. The van der Waals surface area contributed by atoms with Crippen LogP contribution in [0.1, 0.15) is 20.3 Å². The van der Waals surface area contributed by atoms with Gasteiger partial charge in [0.25, 0.3) is 0 Å². The van der Waals surface area contributed by atoms with Gasteiger partial charge in [-0.2, -0.15) is 0 Å². The lowest BCUT2D eigenvalue weighted by atomic mass is 10.1. The van der Waals surface area contributed by atoms with Crippen molar-refractivity contribution in [2.75, 3.05) is 14.1 Å². The Kier molecular flexibility index (Phi) is 6.70. The summed E-state index contributed by atoms with van der Waals surface area (Å²) < 4.78 is 4.73. The van der Waals surface area contributed by atoms with Crippen molar-refractivity contribution < 1.29 is 4.28 Å². The predicted octanol–water partition coefficient (Wildman–Crippen LogP) is 2.21. The molecule has 0 saturated carbocycles. The quantitative estimate of drug-likeness (QED) is 0.246. The van der Waals surface area contributed by atoms with Gasteiger partial charge in [-0.1, -0.05) is 16.8 Å². The third-order valence-electron chi connectivity index (χ3n) is 1.70. The largest absolute Gasteiger partial charge is 0.311 e. The molecular formula is C7H16N2OS2. The van der Waals surface area contributed by atoms with E-state index in [4.69, 9.17) is 4.28 Å². The molecule has 0 fully saturated rings. The lowest BCUT2D eigenvalue weighted by Gasteiger charge is -2.18. The summed E-state index contributed by atoms with van der Waals surface area (Å²) in [6.45, 7) is 4.09. The van der Waals surface area contributed by atoms with Crippen LogP contribution in [0.25, 0.3) is 0 Å². The summed E-state index contributed by atoms with van der Waals surface area (Å²) in [6, 6.07) is 0.488. The molecule has 0 aromatic carbocycles. The first-order valence-corrected chi connectivity index (χ1v) is 5.54. The molecule has 0 N–H and O–H groups in total. The molecule has 1 unspecified atom stereocenters. The Bertz CT molecular complexity index is 150. The van der Waals surface area contributed by atoms with E-state index in [-0.39, 0.29) is 0 Å². The Hall–Kier alpha value is 0.130. The molecule has 3 nitrogen and oxygen atoms in total. The third-order valence-corrected chi connectivity index (χ3v) is 2.04. The molecule has 0 aliphatic heterocycles. The Balaban J connectivity index is 3.74. The normalized spacial score (nSPS) is 15.0. The van der Waals surface area contributed by atoms with E-state index in [1.54, 1.807) is 0 Å². The van der Waals surface area contributed by atoms with Crippen molar-refractivity contribution in [3.8, 4) is 0 Å². The van der Waals surface area contributed by atoms with Crippen LogP contribution in [-0.4, -0.2) is 30.7 Å². The number of oxime groups is 1. The zero-order valence-electron chi connectivity index (χ0n) is 7.94. The van der Waals surface area contributed by atoms with Crippen molar-refractivity contribution in [1.29, 1.82) is 0 Å². The van der Waals surface area contributed by atoms with Gasteiger partial charge >= 0.3 is 0 Å². The summed E-state index contributed by atoms with van der Waals surface area (Å²) in [7, 11) is 4.10. The van der Waals surface area contributed by atoms with Crippen molar-refractivity contribution in [1.82, 2.24) is 4.90 Å². The van der Waals surface area contributed by atoms with E-state index in [0.717, 1.165) is 23.2 Å². The van der Waals surface area contributed by atoms with Crippen LogP contribution in [0.3, 0.4) is 0 Å². The molecule has 72 valence electrons. The smallest absolute Gasteiger partial charge is 0.155 e. The molecule has 0 aromatic heterocycles. The molecule has 12 heavy (non-hydrogen) atoms. The maximum absolute atomic E-state index is 4.73. The van der Waals surface area contributed by atoms with E-state index in [2.05, 4.69) is 28.6 Å². The van der Waals surface area contributed by atoms with Crippen LogP contribution in [-0.2, 0) is 4.28 Å². The summed E-state index contributed by atoms with van der Waals surface area (Å²) in [5.41, 5.74) is 0.984. The van der Waals surface area contributed by atoms with Crippen molar-refractivity contribution in [3.05, 3.63) is 0 Å². The maximum Gasteiger partial charge on any atom is 0.155 e. The number of thiol groups is 1. The number of nitrogens with zero attached hydrogens (tertiary/aromatic N) is 2. The molecule has 0 radical (unpaired) electrons. The Morgan fingerprint density at radius 3 is 2.67 bits per heavy atom. The van der Waals surface area contributed by atoms with Gasteiger partial charge in [-0.15, -0.1) is 0 Å². The minimum atomic E-state index is 0.488. The van der Waals surface area contributed by atoms with Crippen molar-refractivity contribution >= 4 is 28.4 Å². The summed E-state index contributed by atoms with van der Waals surface area (Å²) in [5, 5.41) is 3.84. The molecule has 0 bridgehead atoms. The maximum atomic E-state index is 4.73. The first kappa shape index (κ1) is 12.1. The topological polar surface area (TPSA) is 24.8 Å². The molecule has 0 aliphatic carbocycles. The predicted molar refractivity (Wildman–Crippen MR) is 58.5 cm³/mol. The van der Waals surface area contributed by atoms with E-state index >= 15 is 0 Å². The number of rotatable bonds is 5. The highest BCUT2D eigenvalue weighted by Crippen LogP contribution is 2.08. The average molecular weight is 208 g/mol. The van der Waals surface area contributed by atoms with Crippen molar-refractivity contribution in [2.45, 2.75) is 26.3 Å². The van der Waals surface area contributed by atoms with Crippen LogP contribution >= 0.6 is 22.7 Å². The highest BCUT2D eigenvalue weighted by Gasteiger charge is 2.05. The summed E-state index contributed by atoms with van der Waals surface area (Å²) in [4.78, 5) is 2.15. The van der Waals surface area contributed by atoms with E-state index in [1.807, 2.05) is 21.0 Å². The Morgan fingerprint density at radius 1 is 1.67 bits per heavy atom. The van der Waals surface area contributed by atoms with Gasteiger partial charge in [0.15, 0.2) is 11.1 Å². The molecule has 0 spiro atoms. The van der Waals surface area contributed by atoms with Crippen LogP contribution in [0.5, 0.6) is 0 Å². The fourth-order valence-corrected chi connectivity index (χ4v) is 0.988. The van der Waals surface area contributed by atoms with Gasteiger partial charge in [-0.3, -0.25) is 0 Å².